The molecule has 0 amide bonds. The van der Waals surface area contributed by atoms with Crippen molar-refractivity contribution in [1.82, 2.24) is 0 Å². The number of epoxide rings is 1. The molecule has 13 atom stereocenters. The SMILES string of the molecule is C[C@H](C1C[C@@]2(C)OC2(C)C(O)O1)[C@@]1(O)CC[C@H]2[C@@H]3CC(O)C4(O)CC=CC(=O)[C@]4(C)[C@H]3CC[C@@]21C. The van der Waals surface area contributed by atoms with Gasteiger partial charge in [0.25, 0.3) is 0 Å². The minimum absolute atomic E-state index is 0.0312. The molecule has 0 bridgehead atoms. The number of carbonyl (C=O) groups is 1. The Morgan fingerprint density at radius 2 is 1.74 bits per heavy atom. The van der Waals surface area contributed by atoms with E-state index in [9.17, 15) is 25.2 Å². The molecule has 4 aliphatic carbocycles. The first-order valence-corrected chi connectivity index (χ1v) is 13.6. The lowest BCUT2D eigenvalue weighted by atomic mass is 9.42. The number of aliphatic hydroxyl groups excluding tert-OH is 2. The summed E-state index contributed by atoms with van der Waals surface area (Å²) in [5, 5.41) is 45.8. The predicted molar refractivity (Wildman–Crippen MR) is 127 cm³/mol. The molecule has 5 unspecified atom stereocenters. The number of ether oxygens (including phenoxy) is 2. The molecule has 3 saturated carbocycles. The van der Waals surface area contributed by atoms with Crippen LogP contribution in [0, 0.1) is 34.5 Å². The Kier molecular flexibility index (Phi) is 4.88. The summed E-state index contributed by atoms with van der Waals surface area (Å²) in [6.45, 7) is 9.95. The Morgan fingerprint density at radius 3 is 2.43 bits per heavy atom. The van der Waals surface area contributed by atoms with Crippen molar-refractivity contribution in [2.24, 2.45) is 34.5 Å². The first-order chi connectivity index (χ1) is 16.2. The zero-order valence-electron chi connectivity index (χ0n) is 21.7. The monoisotopic (exact) mass is 490 g/mol. The van der Waals surface area contributed by atoms with Gasteiger partial charge in [0.15, 0.2) is 12.1 Å². The smallest absolute Gasteiger partial charge is 0.186 e. The third-order valence-corrected chi connectivity index (χ3v) is 12.7. The predicted octanol–water partition coefficient (Wildman–Crippen LogP) is 2.48. The molecule has 5 fully saturated rings. The van der Waals surface area contributed by atoms with Gasteiger partial charge in [-0.25, -0.2) is 0 Å². The van der Waals surface area contributed by atoms with Crippen molar-refractivity contribution in [3.05, 3.63) is 12.2 Å². The van der Waals surface area contributed by atoms with Crippen molar-refractivity contribution >= 4 is 5.78 Å². The molecule has 0 aromatic carbocycles. The van der Waals surface area contributed by atoms with Crippen molar-refractivity contribution in [2.75, 3.05) is 0 Å². The number of aliphatic hydroxyl groups is 4. The van der Waals surface area contributed by atoms with Crippen LogP contribution in [0.25, 0.3) is 0 Å². The lowest BCUT2D eigenvalue weighted by molar-refractivity contribution is -0.250. The summed E-state index contributed by atoms with van der Waals surface area (Å²) in [5.74, 6) is -0.146. The fourth-order valence-corrected chi connectivity index (χ4v) is 9.84. The number of ketones is 1. The van der Waals surface area contributed by atoms with Crippen LogP contribution < -0.4 is 0 Å². The molecular weight excluding hydrogens is 448 g/mol. The van der Waals surface area contributed by atoms with E-state index in [1.165, 1.54) is 0 Å². The first-order valence-electron chi connectivity index (χ1n) is 13.6. The number of hydrogen-bond donors (Lipinski definition) is 4. The number of rotatable bonds is 2. The van der Waals surface area contributed by atoms with E-state index >= 15 is 0 Å². The molecule has 7 heteroatoms. The Hall–Kier alpha value is -0.830. The highest BCUT2D eigenvalue weighted by Gasteiger charge is 2.75. The Labute approximate surface area is 207 Å². The van der Waals surface area contributed by atoms with Gasteiger partial charge in [0.1, 0.15) is 16.8 Å². The molecule has 2 heterocycles. The van der Waals surface area contributed by atoms with E-state index in [4.69, 9.17) is 9.47 Å². The lowest BCUT2D eigenvalue weighted by Gasteiger charge is -2.64. The van der Waals surface area contributed by atoms with Crippen molar-refractivity contribution < 1.29 is 34.7 Å². The van der Waals surface area contributed by atoms with E-state index in [2.05, 4.69) is 6.92 Å². The van der Waals surface area contributed by atoms with Crippen molar-refractivity contribution in [3.8, 4) is 0 Å². The average Bonchev–Trinajstić information content (AvgIpc) is 3.26. The number of allylic oxidation sites excluding steroid dienone is 1. The summed E-state index contributed by atoms with van der Waals surface area (Å²) in [4.78, 5) is 13.2. The average molecular weight is 491 g/mol. The van der Waals surface area contributed by atoms with Crippen LogP contribution in [0.2, 0.25) is 0 Å². The third kappa shape index (κ3) is 2.66. The minimum atomic E-state index is -1.44. The molecule has 7 nitrogen and oxygen atoms in total. The number of fused-ring (bicyclic) bond motifs is 6. The Morgan fingerprint density at radius 1 is 1.06 bits per heavy atom. The summed E-state index contributed by atoms with van der Waals surface area (Å²) < 4.78 is 11.9. The molecule has 0 spiro atoms. The van der Waals surface area contributed by atoms with Crippen molar-refractivity contribution in [3.63, 3.8) is 0 Å². The van der Waals surface area contributed by atoms with Crippen LogP contribution in [0.5, 0.6) is 0 Å². The standard InChI is InChI=1S/C28H42O7/c1-15(19-14-24(3)26(5,35-24)22(31)34-19)27(32)12-9-17-16-13-21(30)28(33)10-6-7-20(29)25(28,4)18(16)8-11-23(17,27)2/h6-7,15-19,21-22,30-33H,8-14H2,1-5H3/t15-,16+,17+,18+,19?,21?,22?,23+,24-,25+,26?,27+,28?/m1/s1. The molecule has 0 aromatic heterocycles. The van der Waals surface area contributed by atoms with Gasteiger partial charge in [-0.3, -0.25) is 4.79 Å². The largest absolute Gasteiger partial charge is 0.390 e. The maximum absolute atomic E-state index is 13.2. The normalized spacial score (nSPS) is 61.9. The van der Waals surface area contributed by atoms with Crippen LogP contribution in [0.15, 0.2) is 12.2 Å². The molecule has 35 heavy (non-hydrogen) atoms. The second kappa shape index (κ2) is 6.97. The second-order valence-corrected chi connectivity index (χ2v) is 13.6. The van der Waals surface area contributed by atoms with Crippen molar-refractivity contribution in [1.29, 1.82) is 0 Å². The molecule has 196 valence electrons. The van der Waals surface area contributed by atoms with Gasteiger partial charge in [0, 0.05) is 12.3 Å². The van der Waals surface area contributed by atoms with Gasteiger partial charge < -0.3 is 29.9 Å². The molecule has 2 aliphatic heterocycles. The van der Waals surface area contributed by atoms with Gasteiger partial charge in [-0.05, 0) is 88.5 Å². The van der Waals surface area contributed by atoms with Crippen molar-refractivity contribution in [2.45, 2.75) is 120 Å². The maximum Gasteiger partial charge on any atom is 0.186 e. The lowest BCUT2D eigenvalue weighted by Crippen LogP contribution is -2.70. The highest BCUT2D eigenvalue weighted by molar-refractivity contribution is 5.97. The summed E-state index contributed by atoms with van der Waals surface area (Å²) in [6, 6.07) is 0. The van der Waals surface area contributed by atoms with E-state index in [1.54, 1.807) is 12.2 Å². The zero-order valence-corrected chi connectivity index (χ0v) is 21.7. The zero-order chi connectivity index (χ0) is 25.4. The fourth-order valence-electron chi connectivity index (χ4n) is 9.84. The van der Waals surface area contributed by atoms with E-state index in [1.807, 2.05) is 27.7 Å². The van der Waals surface area contributed by atoms with Gasteiger partial charge in [-0.15, -0.1) is 0 Å². The maximum atomic E-state index is 13.2. The highest BCUT2D eigenvalue weighted by Crippen LogP contribution is 2.70. The van der Waals surface area contributed by atoms with E-state index in [0.717, 1.165) is 19.3 Å². The summed E-state index contributed by atoms with van der Waals surface area (Å²) >= 11 is 0. The van der Waals surface area contributed by atoms with Crippen LogP contribution in [0.4, 0.5) is 0 Å². The topological polar surface area (TPSA) is 120 Å². The summed E-state index contributed by atoms with van der Waals surface area (Å²) in [6.07, 6.45) is 5.24. The molecule has 6 aliphatic rings. The number of carbonyl (C=O) groups excluding carboxylic acids is 1. The fraction of sp³-hybridized carbons (Fsp3) is 0.893. The van der Waals surface area contributed by atoms with Gasteiger partial charge in [-0.2, -0.15) is 0 Å². The van der Waals surface area contributed by atoms with Crippen LogP contribution in [0.3, 0.4) is 0 Å². The summed E-state index contributed by atoms with van der Waals surface area (Å²) in [7, 11) is 0. The molecule has 0 radical (unpaired) electrons. The van der Waals surface area contributed by atoms with Crippen LogP contribution in [-0.4, -0.2) is 67.1 Å². The third-order valence-electron chi connectivity index (χ3n) is 12.7. The van der Waals surface area contributed by atoms with E-state index < -0.39 is 45.6 Å². The second-order valence-electron chi connectivity index (χ2n) is 13.6. The quantitative estimate of drug-likeness (QED) is 0.439. The molecule has 6 rings (SSSR count). The van der Waals surface area contributed by atoms with E-state index in [0.29, 0.717) is 25.7 Å². The molecule has 0 aromatic rings. The first kappa shape index (κ1) is 24.5. The minimum Gasteiger partial charge on any atom is -0.390 e. The molecular formula is C28H42O7. The van der Waals surface area contributed by atoms with Crippen LogP contribution >= 0.6 is 0 Å². The summed E-state index contributed by atoms with van der Waals surface area (Å²) in [5.41, 5.74) is -4.99. The Bertz CT molecular complexity index is 982. The van der Waals surface area contributed by atoms with Gasteiger partial charge >= 0.3 is 0 Å². The highest BCUT2D eigenvalue weighted by atomic mass is 16.7. The van der Waals surface area contributed by atoms with Gasteiger partial charge in [0.05, 0.1) is 23.2 Å². The van der Waals surface area contributed by atoms with Crippen LogP contribution in [-0.2, 0) is 14.3 Å². The van der Waals surface area contributed by atoms with Crippen LogP contribution in [0.1, 0.15) is 79.6 Å². The van der Waals surface area contributed by atoms with Gasteiger partial charge in [-0.1, -0.05) is 19.9 Å². The number of hydrogen-bond acceptors (Lipinski definition) is 7. The molecule has 4 N–H and O–H groups in total. The molecule has 2 saturated heterocycles. The van der Waals surface area contributed by atoms with E-state index in [-0.39, 0.29) is 35.6 Å². The van der Waals surface area contributed by atoms with Gasteiger partial charge in [0.2, 0.25) is 0 Å². The Balaban J connectivity index is 1.31.